The number of ether oxygens (including phenoxy) is 1. The predicted molar refractivity (Wildman–Crippen MR) is 88.6 cm³/mol. The molecule has 1 atom stereocenters. The lowest BCUT2D eigenvalue weighted by molar-refractivity contribution is -0.0358. The Bertz CT molecular complexity index is 544. The number of rotatable bonds is 6. The molecule has 0 saturated carbocycles. The average molecular weight is 296 g/mol. The summed E-state index contributed by atoms with van der Waals surface area (Å²) in [4.78, 5) is 6.87. The molecule has 116 valence electrons. The molecule has 0 amide bonds. The summed E-state index contributed by atoms with van der Waals surface area (Å²) >= 11 is 0. The molecular weight excluding hydrogens is 272 g/mol. The molecular formula is C19H24N2O. The van der Waals surface area contributed by atoms with E-state index in [2.05, 4.69) is 52.3 Å². The van der Waals surface area contributed by atoms with Crippen LogP contribution < -0.4 is 0 Å². The normalized spacial score (nSPS) is 19.2. The van der Waals surface area contributed by atoms with Gasteiger partial charge in [0, 0.05) is 25.8 Å². The molecule has 1 aliphatic heterocycles. The van der Waals surface area contributed by atoms with Gasteiger partial charge in [0.2, 0.25) is 0 Å². The molecule has 0 bridgehead atoms. The van der Waals surface area contributed by atoms with E-state index in [1.54, 1.807) is 0 Å². The van der Waals surface area contributed by atoms with E-state index in [1.807, 2.05) is 12.3 Å². The van der Waals surface area contributed by atoms with Crippen molar-refractivity contribution in [2.24, 2.45) is 0 Å². The lowest BCUT2D eigenvalue weighted by Gasteiger charge is -2.32. The third-order valence-electron chi connectivity index (χ3n) is 4.17. The number of nitrogens with zero attached hydrogens (tertiary/aromatic N) is 2. The number of hydrogen-bond donors (Lipinski definition) is 0. The van der Waals surface area contributed by atoms with Gasteiger partial charge in [0.25, 0.3) is 0 Å². The molecule has 1 saturated heterocycles. The second-order valence-electron chi connectivity index (χ2n) is 5.93. The molecule has 0 N–H and O–H groups in total. The van der Waals surface area contributed by atoms with Crippen molar-refractivity contribution in [3.05, 3.63) is 66.0 Å². The van der Waals surface area contributed by atoms with Crippen LogP contribution in [0.1, 0.15) is 24.1 Å². The Labute approximate surface area is 132 Å². The number of aryl methyl sites for hydroxylation is 1. The molecule has 2 aromatic rings. The minimum Gasteiger partial charge on any atom is -0.376 e. The number of benzene rings is 1. The van der Waals surface area contributed by atoms with Gasteiger partial charge in [-0.25, -0.2) is 0 Å². The Kier molecular flexibility index (Phi) is 5.57. The zero-order chi connectivity index (χ0) is 15.0. The highest BCUT2D eigenvalue weighted by atomic mass is 16.5. The number of hydrogen-bond acceptors (Lipinski definition) is 3. The van der Waals surface area contributed by atoms with Crippen molar-refractivity contribution in [3.8, 4) is 0 Å². The maximum Gasteiger partial charge on any atom is 0.0702 e. The van der Waals surface area contributed by atoms with Crippen LogP contribution in [0.4, 0.5) is 0 Å². The zero-order valence-electron chi connectivity index (χ0n) is 13.0. The van der Waals surface area contributed by atoms with Crippen molar-refractivity contribution in [1.29, 1.82) is 0 Å². The summed E-state index contributed by atoms with van der Waals surface area (Å²) in [7, 11) is 0. The van der Waals surface area contributed by atoms with Crippen LogP contribution in [-0.4, -0.2) is 35.7 Å². The van der Waals surface area contributed by atoms with E-state index in [4.69, 9.17) is 4.74 Å². The first-order chi connectivity index (χ1) is 10.9. The summed E-state index contributed by atoms with van der Waals surface area (Å²) in [6.07, 6.45) is 5.69. The second kappa shape index (κ2) is 8.06. The van der Waals surface area contributed by atoms with Gasteiger partial charge in [-0.3, -0.25) is 9.88 Å². The van der Waals surface area contributed by atoms with Crippen LogP contribution in [0, 0.1) is 0 Å². The van der Waals surface area contributed by atoms with Crippen LogP contribution in [0.25, 0.3) is 0 Å². The summed E-state index contributed by atoms with van der Waals surface area (Å²) in [5.41, 5.74) is 2.57. The summed E-state index contributed by atoms with van der Waals surface area (Å²) in [5.74, 6) is 0. The van der Waals surface area contributed by atoms with Gasteiger partial charge in [-0.1, -0.05) is 36.4 Å². The zero-order valence-corrected chi connectivity index (χ0v) is 13.0. The van der Waals surface area contributed by atoms with Gasteiger partial charge in [-0.15, -0.1) is 0 Å². The van der Waals surface area contributed by atoms with E-state index in [0.717, 1.165) is 44.8 Å². The third kappa shape index (κ3) is 4.65. The van der Waals surface area contributed by atoms with Gasteiger partial charge in [-0.05, 0) is 37.0 Å². The molecule has 22 heavy (non-hydrogen) atoms. The topological polar surface area (TPSA) is 25.4 Å². The monoisotopic (exact) mass is 296 g/mol. The van der Waals surface area contributed by atoms with Gasteiger partial charge >= 0.3 is 0 Å². The second-order valence-corrected chi connectivity index (χ2v) is 5.93. The highest BCUT2D eigenvalue weighted by Gasteiger charge is 2.20. The lowest BCUT2D eigenvalue weighted by Crippen LogP contribution is -2.42. The third-order valence-corrected chi connectivity index (χ3v) is 4.17. The van der Waals surface area contributed by atoms with Crippen molar-refractivity contribution < 1.29 is 4.74 Å². The van der Waals surface area contributed by atoms with Crippen LogP contribution in [0.2, 0.25) is 0 Å². The number of pyridine rings is 1. The lowest BCUT2D eigenvalue weighted by atomic mass is 10.1. The SMILES string of the molecule is c1ccc(CCC[C@H]2CN(Cc3ccccn3)CCO2)cc1. The highest BCUT2D eigenvalue weighted by molar-refractivity contribution is 5.14. The van der Waals surface area contributed by atoms with Crippen LogP contribution in [0.3, 0.4) is 0 Å². The summed E-state index contributed by atoms with van der Waals surface area (Å²) < 4.78 is 5.92. The molecule has 0 aliphatic carbocycles. The van der Waals surface area contributed by atoms with Crippen LogP contribution >= 0.6 is 0 Å². The largest absolute Gasteiger partial charge is 0.376 e. The average Bonchev–Trinajstić information content (AvgIpc) is 2.57. The smallest absolute Gasteiger partial charge is 0.0702 e. The van der Waals surface area contributed by atoms with Crippen molar-refractivity contribution in [2.45, 2.75) is 31.9 Å². The quantitative estimate of drug-likeness (QED) is 0.818. The molecule has 3 rings (SSSR count). The molecule has 3 nitrogen and oxygen atoms in total. The maximum atomic E-state index is 5.92. The maximum absolute atomic E-state index is 5.92. The predicted octanol–water partition coefficient (Wildman–Crippen LogP) is 3.31. The molecule has 0 unspecified atom stereocenters. The van der Waals surface area contributed by atoms with Crippen molar-refractivity contribution in [2.75, 3.05) is 19.7 Å². The van der Waals surface area contributed by atoms with E-state index in [1.165, 1.54) is 12.0 Å². The Morgan fingerprint density at radius 2 is 1.95 bits per heavy atom. The van der Waals surface area contributed by atoms with E-state index in [9.17, 15) is 0 Å². The van der Waals surface area contributed by atoms with Crippen molar-refractivity contribution >= 4 is 0 Å². The minimum atomic E-state index is 0.362. The first-order valence-electron chi connectivity index (χ1n) is 8.18. The molecule has 0 spiro atoms. The Hall–Kier alpha value is -1.71. The first kappa shape index (κ1) is 15.2. The fourth-order valence-corrected chi connectivity index (χ4v) is 3.00. The Balaban J connectivity index is 1.42. The van der Waals surface area contributed by atoms with Gasteiger partial charge in [-0.2, -0.15) is 0 Å². The molecule has 1 aromatic heterocycles. The van der Waals surface area contributed by atoms with E-state index in [0.29, 0.717) is 6.10 Å². The van der Waals surface area contributed by atoms with Crippen molar-refractivity contribution in [1.82, 2.24) is 9.88 Å². The number of aromatic nitrogens is 1. The highest BCUT2D eigenvalue weighted by Crippen LogP contribution is 2.14. The van der Waals surface area contributed by atoms with E-state index >= 15 is 0 Å². The molecule has 2 heterocycles. The first-order valence-corrected chi connectivity index (χ1v) is 8.18. The van der Waals surface area contributed by atoms with Gasteiger partial charge in [0.15, 0.2) is 0 Å². The van der Waals surface area contributed by atoms with E-state index < -0.39 is 0 Å². The summed E-state index contributed by atoms with van der Waals surface area (Å²) in [5, 5.41) is 0. The summed E-state index contributed by atoms with van der Waals surface area (Å²) in [6, 6.07) is 16.8. The van der Waals surface area contributed by atoms with Crippen molar-refractivity contribution in [3.63, 3.8) is 0 Å². The molecule has 1 aliphatic rings. The van der Waals surface area contributed by atoms with Crippen LogP contribution in [-0.2, 0) is 17.7 Å². The van der Waals surface area contributed by atoms with E-state index in [-0.39, 0.29) is 0 Å². The van der Waals surface area contributed by atoms with Gasteiger partial charge in [0.05, 0.1) is 18.4 Å². The summed E-state index contributed by atoms with van der Waals surface area (Å²) in [6.45, 7) is 3.79. The molecule has 1 aromatic carbocycles. The fraction of sp³-hybridized carbons (Fsp3) is 0.421. The fourth-order valence-electron chi connectivity index (χ4n) is 3.00. The van der Waals surface area contributed by atoms with Crippen LogP contribution in [0.15, 0.2) is 54.7 Å². The standard InChI is InChI=1S/C19H24N2O/c1-2-7-17(8-3-1)9-6-11-19-16-21(13-14-22-19)15-18-10-4-5-12-20-18/h1-5,7-8,10,12,19H,6,9,11,13-16H2/t19-/m0/s1. The Morgan fingerprint density at radius 1 is 1.09 bits per heavy atom. The molecule has 3 heteroatoms. The molecule has 1 fully saturated rings. The molecule has 0 radical (unpaired) electrons. The Morgan fingerprint density at radius 3 is 2.77 bits per heavy atom. The minimum absolute atomic E-state index is 0.362. The van der Waals surface area contributed by atoms with Gasteiger partial charge < -0.3 is 4.74 Å². The number of morpholine rings is 1. The van der Waals surface area contributed by atoms with Gasteiger partial charge in [0.1, 0.15) is 0 Å². The van der Waals surface area contributed by atoms with Crippen LogP contribution in [0.5, 0.6) is 0 Å².